The van der Waals surface area contributed by atoms with Gasteiger partial charge in [0.15, 0.2) is 0 Å². The lowest BCUT2D eigenvalue weighted by Gasteiger charge is -2.32. The van der Waals surface area contributed by atoms with Gasteiger partial charge in [0.2, 0.25) is 21.8 Å². The molecule has 0 spiro atoms. The maximum atomic E-state index is 13.6. The first-order valence-corrected chi connectivity index (χ1v) is 13.2. The summed E-state index contributed by atoms with van der Waals surface area (Å²) >= 11 is 0. The van der Waals surface area contributed by atoms with E-state index in [1.54, 1.807) is 43.5 Å². The van der Waals surface area contributed by atoms with E-state index in [-0.39, 0.29) is 19.0 Å². The molecule has 0 bridgehead atoms. The van der Waals surface area contributed by atoms with Gasteiger partial charge in [-0.05, 0) is 28.8 Å². The molecule has 0 aliphatic carbocycles. The van der Waals surface area contributed by atoms with Crippen LogP contribution in [0.4, 0.5) is 0 Å². The van der Waals surface area contributed by atoms with Crippen LogP contribution in [0.25, 0.3) is 0 Å². The third-order valence-electron chi connectivity index (χ3n) is 5.74. The Balaban J connectivity index is 1.97. The zero-order valence-electron chi connectivity index (χ0n) is 20.6. The largest absolute Gasteiger partial charge is 0.497 e. The second kappa shape index (κ2) is 12.3. The minimum Gasteiger partial charge on any atom is -0.497 e. The highest BCUT2D eigenvalue weighted by atomic mass is 32.2. The smallest absolute Gasteiger partial charge is 0.247 e. The molecule has 36 heavy (non-hydrogen) atoms. The quantitative estimate of drug-likeness (QED) is 0.429. The lowest BCUT2D eigenvalue weighted by molar-refractivity contribution is -0.141. The number of hydrogen-bond acceptors (Lipinski definition) is 5. The number of rotatable bonds is 11. The van der Waals surface area contributed by atoms with Crippen LogP contribution in [0.3, 0.4) is 0 Å². The van der Waals surface area contributed by atoms with Crippen LogP contribution in [0.5, 0.6) is 5.75 Å². The van der Waals surface area contributed by atoms with Crippen LogP contribution in [0.1, 0.15) is 22.7 Å². The van der Waals surface area contributed by atoms with Crippen LogP contribution in [-0.4, -0.2) is 56.4 Å². The van der Waals surface area contributed by atoms with Crippen molar-refractivity contribution in [1.82, 2.24) is 14.5 Å². The van der Waals surface area contributed by atoms with Crippen LogP contribution in [0.15, 0.2) is 84.9 Å². The zero-order valence-corrected chi connectivity index (χ0v) is 21.4. The first kappa shape index (κ1) is 26.9. The van der Waals surface area contributed by atoms with Gasteiger partial charge in [-0.1, -0.05) is 72.8 Å². The molecule has 190 valence electrons. The SMILES string of the molecule is COc1ccc(CN(C(=O)CN(C)S(C)(=O)=O)C(C(=O)NCc2ccccc2)c2ccccc2)cc1. The Morgan fingerprint density at radius 2 is 1.47 bits per heavy atom. The third-order valence-corrected chi connectivity index (χ3v) is 7.00. The highest BCUT2D eigenvalue weighted by Crippen LogP contribution is 2.25. The summed E-state index contributed by atoms with van der Waals surface area (Å²) in [4.78, 5) is 28.5. The summed E-state index contributed by atoms with van der Waals surface area (Å²) in [5, 5.41) is 2.94. The fraction of sp³-hybridized carbons (Fsp3) is 0.259. The van der Waals surface area contributed by atoms with Gasteiger partial charge in [0.1, 0.15) is 11.8 Å². The Kier molecular flexibility index (Phi) is 9.21. The lowest BCUT2D eigenvalue weighted by Crippen LogP contribution is -2.47. The van der Waals surface area contributed by atoms with E-state index in [9.17, 15) is 18.0 Å². The van der Waals surface area contributed by atoms with Crippen LogP contribution >= 0.6 is 0 Å². The number of carbonyl (C=O) groups is 2. The average Bonchev–Trinajstić information content (AvgIpc) is 2.88. The zero-order chi connectivity index (χ0) is 26.1. The van der Waals surface area contributed by atoms with Crippen molar-refractivity contribution in [3.05, 3.63) is 102 Å². The molecule has 0 aliphatic rings. The van der Waals surface area contributed by atoms with Gasteiger partial charge in [0.25, 0.3) is 0 Å². The van der Waals surface area contributed by atoms with Gasteiger partial charge < -0.3 is 15.0 Å². The van der Waals surface area contributed by atoms with Gasteiger partial charge in [0.05, 0.1) is 19.9 Å². The monoisotopic (exact) mass is 509 g/mol. The van der Waals surface area contributed by atoms with Crippen molar-refractivity contribution in [1.29, 1.82) is 0 Å². The van der Waals surface area contributed by atoms with Crippen molar-refractivity contribution >= 4 is 21.8 Å². The molecular formula is C27H31N3O5S. The Bertz CT molecular complexity index is 1250. The van der Waals surface area contributed by atoms with E-state index in [0.29, 0.717) is 11.3 Å². The topological polar surface area (TPSA) is 96.0 Å². The number of sulfonamides is 1. The second-order valence-corrected chi connectivity index (χ2v) is 10.5. The van der Waals surface area contributed by atoms with Gasteiger partial charge >= 0.3 is 0 Å². The Morgan fingerprint density at radius 1 is 0.889 bits per heavy atom. The van der Waals surface area contributed by atoms with E-state index in [1.165, 1.54) is 11.9 Å². The lowest BCUT2D eigenvalue weighted by atomic mass is 10.0. The molecule has 0 saturated carbocycles. The van der Waals surface area contributed by atoms with Crippen LogP contribution in [-0.2, 0) is 32.7 Å². The molecule has 0 fully saturated rings. The predicted octanol–water partition coefficient (Wildman–Crippen LogP) is 2.97. The molecule has 3 rings (SSSR count). The minimum absolute atomic E-state index is 0.0960. The molecule has 0 radical (unpaired) electrons. The van der Waals surface area contributed by atoms with Gasteiger partial charge in [-0.3, -0.25) is 9.59 Å². The number of benzene rings is 3. The molecular weight excluding hydrogens is 478 g/mol. The summed E-state index contributed by atoms with van der Waals surface area (Å²) in [7, 11) is -0.698. The highest BCUT2D eigenvalue weighted by molar-refractivity contribution is 7.88. The first-order chi connectivity index (χ1) is 17.2. The molecule has 1 atom stereocenters. The molecule has 0 saturated heterocycles. The minimum atomic E-state index is -3.60. The highest BCUT2D eigenvalue weighted by Gasteiger charge is 2.32. The summed E-state index contributed by atoms with van der Waals surface area (Å²) in [5.41, 5.74) is 2.30. The van der Waals surface area contributed by atoms with E-state index in [2.05, 4.69) is 5.32 Å². The average molecular weight is 510 g/mol. The Morgan fingerprint density at radius 3 is 2.03 bits per heavy atom. The molecule has 0 aromatic heterocycles. The van der Waals surface area contributed by atoms with E-state index >= 15 is 0 Å². The number of nitrogens with zero attached hydrogens (tertiary/aromatic N) is 2. The van der Waals surface area contributed by atoms with Crippen molar-refractivity contribution in [3.63, 3.8) is 0 Å². The molecule has 0 heterocycles. The third kappa shape index (κ3) is 7.40. The number of methoxy groups -OCH3 is 1. The summed E-state index contributed by atoms with van der Waals surface area (Å²) in [5.74, 6) is -0.204. The Labute approximate surface area is 212 Å². The van der Waals surface area contributed by atoms with E-state index < -0.39 is 28.5 Å². The predicted molar refractivity (Wildman–Crippen MR) is 138 cm³/mol. The standard InChI is InChI=1S/C27H31N3O5S/c1-29(36(3,33)34)20-25(31)30(19-22-14-16-24(35-2)17-15-22)26(23-12-8-5-9-13-23)27(32)28-18-21-10-6-4-7-11-21/h4-17,26H,18-20H2,1-3H3,(H,28,32). The van der Waals surface area contributed by atoms with Crippen LogP contribution in [0.2, 0.25) is 0 Å². The number of ether oxygens (including phenoxy) is 1. The molecule has 9 heteroatoms. The number of carbonyl (C=O) groups excluding carboxylic acids is 2. The number of nitrogens with one attached hydrogen (secondary N) is 1. The number of amides is 2. The van der Waals surface area contributed by atoms with Gasteiger partial charge in [-0.25, -0.2) is 8.42 Å². The van der Waals surface area contributed by atoms with Crippen molar-refractivity contribution < 1.29 is 22.7 Å². The molecule has 2 amide bonds. The summed E-state index contributed by atoms with van der Waals surface area (Å²) in [6.07, 6.45) is 1.04. The van der Waals surface area contributed by atoms with Crippen molar-refractivity contribution in [2.24, 2.45) is 0 Å². The normalized spacial score (nSPS) is 12.1. The van der Waals surface area contributed by atoms with E-state index in [1.807, 2.05) is 48.5 Å². The fourth-order valence-corrected chi connectivity index (χ4v) is 3.98. The van der Waals surface area contributed by atoms with Crippen LogP contribution in [0, 0.1) is 0 Å². The summed E-state index contributed by atoms with van der Waals surface area (Å²) < 4.78 is 30.2. The number of likely N-dealkylation sites (N-methyl/N-ethyl adjacent to an activating group) is 1. The molecule has 1 N–H and O–H groups in total. The molecule has 1 unspecified atom stereocenters. The molecule has 8 nitrogen and oxygen atoms in total. The summed E-state index contributed by atoms with van der Waals surface area (Å²) in [6.45, 7) is -0.0140. The molecule has 0 aliphatic heterocycles. The van der Waals surface area contributed by atoms with Gasteiger partial charge in [-0.2, -0.15) is 4.31 Å². The first-order valence-electron chi connectivity index (χ1n) is 11.4. The van der Waals surface area contributed by atoms with Crippen molar-refractivity contribution in [2.75, 3.05) is 27.0 Å². The van der Waals surface area contributed by atoms with Gasteiger partial charge in [-0.15, -0.1) is 0 Å². The van der Waals surface area contributed by atoms with E-state index in [4.69, 9.17) is 4.74 Å². The van der Waals surface area contributed by atoms with Gasteiger partial charge in [0, 0.05) is 20.1 Å². The van der Waals surface area contributed by atoms with Crippen LogP contribution < -0.4 is 10.1 Å². The second-order valence-electron chi connectivity index (χ2n) is 8.41. The fourth-order valence-electron chi connectivity index (χ4n) is 3.64. The van der Waals surface area contributed by atoms with E-state index in [0.717, 1.165) is 21.7 Å². The maximum Gasteiger partial charge on any atom is 0.247 e. The van der Waals surface area contributed by atoms with Crippen molar-refractivity contribution in [3.8, 4) is 5.75 Å². The summed E-state index contributed by atoms with van der Waals surface area (Å²) in [6, 6.07) is 24.6. The van der Waals surface area contributed by atoms with Crippen molar-refractivity contribution in [2.45, 2.75) is 19.1 Å². The Hall–Kier alpha value is -3.69. The number of hydrogen-bond donors (Lipinski definition) is 1. The maximum absolute atomic E-state index is 13.6. The molecule has 3 aromatic rings. The molecule has 3 aromatic carbocycles.